The Balaban J connectivity index is 1.11. The second-order valence-corrected chi connectivity index (χ2v) is 10.7. The van der Waals surface area contributed by atoms with Gasteiger partial charge in [-0.25, -0.2) is 0 Å². The van der Waals surface area contributed by atoms with Gasteiger partial charge in [-0.3, -0.25) is 4.79 Å². The SMILES string of the molecule is COCCCN1CCOc2ccc(OCC3CNCC(=O)N3c3ccc(OCCCOCc4ccccc4OC)cc3)cc21. The number of anilines is 2. The number of nitrogens with one attached hydrogen (secondary N) is 1. The van der Waals surface area contributed by atoms with E-state index in [4.69, 9.17) is 28.4 Å². The average molecular weight is 606 g/mol. The maximum atomic E-state index is 13.0. The Morgan fingerprint density at radius 2 is 1.77 bits per heavy atom. The van der Waals surface area contributed by atoms with Crippen LogP contribution in [0.25, 0.3) is 0 Å². The van der Waals surface area contributed by atoms with Crippen LogP contribution in [0.4, 0.5) is 11.4 Å². The monoisotopic (exact) mass is 605 g/mol. The summed E-state index contributed by atoms with van der Waals surface area (Å²) in [5.74, 6) is 3.20. The molecule has 0 saturated carbocycles. The molecule has 0 aliphatic carbocycles. The molecule has 0 aromatic heterocycles. The van der Waals surface area contributed by atoms with Crippen LogP contribution in [-0.4, -0.2) is 85.4 Å². The van der Waals surface area contributed by atoms with Crippen LogP contribution in [0.2, 0.25) is 0 Å². The van der Waals surface area contributed by atoms with Crippen LogP contribution in [0.5, 0.6) is 23.0 Å². The van der Waals surface area contributed by atoms with Crippen LogP contribution in [0.3, 0.4) is 0 Å². The van der Waals surface area contributed by atoms with E-state index >= 15 is 0 Å². The summed E-state index contributed by atoms with van der Waals surface area (Å²) in [6.07, 6.45) is 1.70. The molecule has 10 nitrogen and oxygen atoms in total. The summed E-state index contributed by atoms with van der Waals surface area (Å²) in [5.41, 5.74) is 2.87. The van der Waals surface area contributed by atoms with Crippen molar-refractivity contribution >= 4 is 17.3 Å². The van der Waals surface area contributed by atoms with Crippen molar-refractivity contribution in [2.75, 3.05) is 83.2 Å². The van der Waals surface area contributed by atoms with E-state index in [1.165, 1.54) is 0 Å². The second-order valence-electron chi connectivity index (χ2n) is 10.7. The normalized spacial score (nSPS) is 16.3. The highest BCUT2D eigenvalue weighted by molar-refractivity contribution is 5.96. The van der Waals surface area contributed by atoms with Gasteiger partial charge in [-0.05, 0) is 48.9 Å². The number of hydrogen-bond acceptors (Lipinski definition) is 9. The molecule has 3 aromatic carbocycles. The number of methoxy groups -OCH3 is 2. The van der Waals surface area contributed by atoms with E-state index in [0.29, 0.717) is 39.6 Å². The lowest BCUT2D eigenvalue weighted by Crippen LogP contribution is -2.57. The molecule has 1 fully saturated rings. The topological polar surface area (TPSA) is 91.0 Å². The van der Waals surface area contributed by atoms with Gasteiger partial charge >= 0.3 is 0 Å². The Hall–Kier alpha value is -3.99. The van der Waals surface area contributed by atoms with Crippen molar-refractivity contribution in [3.63, 3.8) is 0 Å². The van der Waals surface area contributed by atoms with Crippen molar-refractivity contribution in [2.45, 2.75) is 25.5 Å². The van der Waals surface area contributed by atoms with Crippen LogP contribution < -0.4 is 34.1 Å². The number of hydrogen-bond donors (Lipinski definition) is 1. The fourth-order valence-corrected chi connectivity index (χ4v) is 5.44. The number of benzene rings is 3. The minimum Gasteiger partial charge on any atom is -0.496 e. The zero-order chi connectivity index (χ0) is 30.6. The first-order valence-corrected chi connectivity index (χ1v) is 15.2. The van der Waals surface area contributed by atoms with Crippen molar-refractivity contribution < 1.29 is 33.2 Å². The van der Waals surface area contributed by atoms with Crippen LogP contribution in [0.15, 0.2) is 66.7 Å². The maximum Gasteiger partial charge on any atom is 0.241 e. The molecule has 2 aliphatic heterocycles. The molecule has 1 amide bonds. The predicted octanol–water partition coefficient (Wildman–Crippen LogP) is 4.30. The molecule has 0 bridgehead atoms. The number of para-hydroxylation sites is 1. The summed E-state index contributed by atoms with van der Waals surface area (Å²) >= 11 is 0. The van der Waals surface area contributed by atoms with E-state index in [1.54, 1.807) is 14.2 Å². The van der Waals surface area contributed by atoms with Crippen molar-refractivity contribution in [2.24, 2.45) is 0 Å². The van der Waals surface area contributed by atoms with Crippen LogP contribution in [0.1, 0.15) is 18.4 Å². The van der Waals surface area contributed by atoms with Gasteiger partial charge in [-0.1, -0.05) is 18.2 Å². The van der Waals surface area contributed by atoms with Crippen LogP contribution in [-0.2, 0) is 20.9 Å². The van der Waals surface area contributed by atoms with Crippen LogP contribution in [0, 0.1) is 0 Å². The third-order valence-corrected chi connectivity index (χ3v) is 7.67. The molecule has 1 unspecified atom stereocenters. The zero-order valence-electron chi connectivity index (χ0n) is 25.7. The molecule has 2 aliphatic rings. The molecule has 3 aromatic rings. The van der Waals surface area contributed by atoms with Gasteiger partial charge in [0.15, 0.2) is 0 Å². The summed E-state index contributed by atoms with van der Waals surface area (Å²) < 4.78 is 34.4. The number of rotatable bonds is 16. The van der Waals surface area contributed by atoms with Crippen molar-refractivity contribution in [3.8, 4) is 23.0 Å². The lowest BCUT2D eigenvalue weighted by Gasteiger charge is -2.36. The number of ether oxygens (including phenoxy) is 6. The quantitative estimate of drug-likeness (QED) is 0.240. The number of piperazine rings is 1. The van der Waals surface area contributed by atoms with Crippen molar-refractivity contribution in [1.82, 2.24) is 5.32 Å². The molecule has 1 saturated heterocycles. The fraction of sp³-hybridized carbons (Fsp3) is 0.441. The average Bonchev–Trinajstić information content (AvgIpc) is 3.06. The summed E-state index contributed by atoms with van der Waals surface area (Å²) in [7, 11) is 3.38. The highest BCUT2D eigenvalue weighted by Gasteiger charge is 2.30. The molecule has 44 heavy (non-hydrogen) atoms. The number of carbonyl (C=O) groups is 1. The molecule has 2 heterocycles. The lowest BCUT2D eigenvalue weighted by molar-refractivity contribution is -0.119. The number of carbonyl (C=O) groups excluding carboxylic acids is 1. The number of fused-ring (bicyclic) bond motifs is 1. The van der Waals surface area contributed by atoms with Gasteiger partial charge in [-0.2, -0.15) is 0 Å². The van der Waals surface area contributed by atoms with Crippen molar-refractivity contribution in [1.29, 1.82) is 0 Å². The highest BCUT2D eigenvalue weighted by Crippen LogP contribution is 2.35. The second kappa shape index (κ2) is 16.2. The third-order valence-electron chi connectivity index (χ3n) is 7.67. The Bertz CT molecular complexity index is 1340. The minimum absolute atomic E-state index is 0.00822. The molecule has 236 valence electrons. The van der Waals surface area contributed by atoms with E-state index in [1.807, 2.05) is 71.6 Å². The summed E-state index contributed by atoms with van der Waals surface area (Å²) in [6, 6.07) is 21.3. The van der Waals surface area contributed by atoms with E-state index in [9.17, 15) is 4.79 Å². The largest absolute Gasteiger partial charge is 0.496 e. The Morgan fingerprint density at radius 1 is 0.932 bits per heavy atom. The van der Waals surface area contributed by atoms with E-state index < -0.39 is 0 Å². The summed E-state index contributed by atoms with van der Waals surface area (Å²) in [5, 5.41) is 3.22. The molecule has 5 rings (SSSR count). The first-order valence-electron chi connectivity index (χ1n) is 15.2. The van der Waals surface area contributed by atoms with Gasteiger partial charge in [0.05, 0.1) is 51.7 Å². The number of nitrogens with zero attached hydrogens (tertiary/aromatic N) is 2. The first-order chi connectivity index (χ1) is 21.7. The standard InChI is InChI=1S/C34H43N3O7/c1-39-17-5-15-36-16-20-43-33-14-13-30(21-31(33)36)44-25-28-22-35-23-34(38)37(28)27-9-11-29(12-10-27)42-19-6-18-41-24-26-7-3-4-8-32(26)40-2/h3-4,7-14,21,28,35H,5-6,15-20,22-25H2,1-2H3. The molecule has 1 N–H and O–H groups in total. The first kappa shape index (κ1) is 31.4. The zero-order valence-corrected chi connectivity index (χ0v) is 25.7. The summed E-state index contributed by atoms with van der Waals surface area (Å²) in [6.45, 7) is 5.98. The van der Waals surface area contributed by atoms with Gasteiger partial charge in [0.25, 0.3) is 0 Å². The Morgan fingerprint density at radius 3 is 2.61 bits per heavy atom. The van der Waals surface area contributed by atoms with Crippen molar-refractivity contribution in [3.05, 3.63) is 72.3 Å². The number of amides is 1. The molecule has 1 atom stereocenters. The molecular weight excluding hydrogens is 562 g/mol. The van der Waals surface area contributed by atoms with Crippen LogP contribution >= 0.6 is 0 Å². The van der Waals surface area contributed by atoms with Gasteiger partial charge in [0.2, 0.25) is 5.91 Å². The third kappa shape index (κ3) is 8.34. The van der Waals surface area contributed by atoms with E-state index in [2.05, 4.69) is 10.2 Å². The molecular formula is C34H43N3O7. The fourth-order valence-electron chi connectivity index (χ4n) is 5.44. The van der Waals surface area contributed by atoms with Gasteiger partial charge < -0.3 is 43.5 Å². The van der Waals surface area contributed by atoms with Gasteiger partial charge in [-0.15, -0.1) is 0 Å². The predicted molar refractivity (Wildman–Crippen MR) is 169 cm³/mol. The Labute approximate surface area is 259 Å². The van der Waals surface area contributed by atoms with E-state index in [0.717, 1.165) is 72.5 Å². The highest BCUT2D eigenvalue weighted by atomic mass is 16.5. The molecule has 10 heteroatoms. The molecule has 0 radical (unpaired) electrons. The van der Waals surface area contributed by atoms with Gasteiger partial charge in [0, 0.05) is 50.5 Å². The Kier molecular flexibility index (Phi) is 11.6. The summed E-state index contributed by atoms with van der Waals surface area (Å²) in [4.78, 5) is 17.1. The van der Waals surface area contributed by atoms with Gasteiger partial charge in [0.1, 0.15) is 36.2 Å². The lowest BCUT2D eigenvalue weighted by atomic mass is 10.1. The smallest absolute Gasteiger partial charge is 0.241 e. The molecule has 0 spiro atoms. The minimum atomic E-state index is -0.159. The van der Waals surface area contributed by atoms with E-state index in [-0.39, 0.29) is 18.5 Å². The maximum absolute atomic E-state index is 13.0.